The number of carbonyl (C=O) groups is 1. The van der Waals surface area contributed by atoms with Gasteiger partial charge >= 0.3 is 0 Å². The normalized spacial score (nSPS) is 29.9. The first-order chi connectivity index (χ1) is 8.27. The molecule has 0 saturated heterocycles. The summed E-state index contributed by atoms with van der Waals surface area (Å²) in [5.74, 6) is 0.945. The Bertz CT molecular complexity index is 372. The quantitative estimate of drug-likeness (QED) is 0.635. The van der Waals surface area contributed by atoms with Crippen LogP contribution >= 0.6 is 0 Å². The highest BCUT2D eigenvalue weighted by atomic mass is 16.1. The van der Waals surface area contributed by atoms with Crippen molar-refractivity contribution in [2.75, 3.05) is 0 Å². The molecule has 0 bridgehead atoms. The van der Waals surface area contributed by atoms with Crippen molar-refractivity contribution >= 4 is 5.78 Å². The lowest BCUT2D eigenvalue weighted by Gasteiger charge is -2.51. The minimum absolute atomic E-state index is 0.328. The summed E-state index contributed by atoms with van der Waals surface area (Å²) in [6.45, 7) is 11.1. The SMILES string of the molecule is CC(=O)CC1C(C)(C)CCCC12CC(C)=C(C)C2. The number of rotatable bonds is 2. The van der Waals surface area contributed by atoms with Gasteiger partial charge in [-0.2, -0.15) is 0 Å². The number of hydrogen-bond donors (Lipinski definition) is 0. The summed E-state index contributed by atoms with van der Waals surface area (Å²) in [5, 5.41) is 0. The van der Waals surface area contributed by atoms with Gasteiger partial charge in [0.05, 0.1) is 0 Å². The Kier molecular flexibility index (Phi) is 3.46. The monoisotopic (exact) mass is 248 g/mol. The molecule has 1 fully saturated rings. The van der Waals surface area contributed by atoms with Crippen molar-refractivity contribution in [3.8, 4) is 0 Å². The Morgan fingerprint density at radius 3 is 2.22 bits per heavy atom. The maximum atomic E-state index is 11.7. The van der Waals surface area contributed by atoms with Gasteiger partial charge in [0.1, 0.15) is 5.78 Å². The second-order valence-electron chi connectivity index (χ2n) is 7.58. The second kappa shape index (κ2) is 4.51. The Morgan fingerprint density at radius 1 is 1.17 bits per heavy atom. The van der Waals surface area contributed by atoms with Crippen molar-refractivity contribution in [2.24, 2.45) is 16.7 Å². The summed E-state index contributed by atoms with van der Waals surface area (Å²) in [4.78, 5) is 11.7. The van der Waals surface area contributed by atoms with E-state index in [1.807, 2.05) is 0 Å². The van der Waals surface area contributed by atoms with Gasteiger partial charge in [0.2, 0.25) is 0 Å². The van der Waals surface area contributed by atoms with Crippen LogP contribution in [0.25, 0.3) is 0 Å². The molecule has 18 heavy (non-hydrogen) atoms. The summed E-state index contributed by atoms with van der Waals surface area (Å²) in [6, 6.07) is 0. The topological polar surface area (TPSA) is 17.1 Å². The lowest BCUT2D eigenvalue weighted by Crippen LogP contribution is -2.43. The van der Waals surface area contributed by atoms with E-state index in [0.717, 1.165) is 6.42 Å². The van der Waals surface area contributed by atoms with E-state index >= 15 is 0 Å². The van der Waals surface area contributed by atoms with E-state index < -0.39 is 0 Å². The van der Waals surface area contributed by atoms with E-state index in [9.17, 15) is 4.79 Å². The van der Waals surface area contributed by atoms with Gasteiger partial charge in [-0.3, -0.25) is 0 Å². The molecule has 1 atom stereocenters. The van der Waals surface area contributed by atoms with Crippen molar-refractivity contribution < 1.29 is 4.79 Å². The molecule has 0 N–H and O–H groups in total. The first kappa shape index (κ1) is 13.8. The van der Waals surface area contributed by atoms with Crippen LogP contribution < -0.4 is 0 Å². The van der Waals surface area contributed by atoms with Crippen LogP contribution in [0.2, 0.25) is 0 Å². The predicted octanol–water partition coefficient (Wildman–Crippen LogP) is 4.91. The molecule has 1 saturated carbocycles. The van der Waals surface area contributed by atoms with Crippen LogP contribution in [0.5, 0.6) is 0 Å². The fourth-order valence-electron chi connectivity index (χ4n) is 4.70. The molecular formula is C17H28O. The summed E-state index contributed by atoms with van der Waals surface area (Å²) < 4.78 is 0. The standard InChI is InChI=1S/C17H28O/c1-12-10-17(11-13(12)2)8-6-7-16(4,5)15(17)9-14(3)18/h15H,6-11H2,1-5H3. The van der Waals surface area contributed by atoms with Gasteiger partial charge in [-0.15, -0.1) is 0 Å². The first-order valence-electron chi connectivity index (χ1n) is 7.41. The molecule has 0 radical (unpaired) electrons. The van der Waals surface area contributed by atoms with E-state index in [2.05, 4.69) is 27.7 Å². The molecule has 0 aromatic heterocycles. The van der Waals surface area contributed by atoms with Crippen LogP contribution in [0.4, 0.5) is 0 Å². The molecule has 2 aliphatic carbocycles. The molecule has 0 heterocycles. The van der Waals surface area contributed by atoms with E-state index in [4.69, 9.17) is 0 Å². The van der Waals surface area contributed by atoms with Crippen molar-refractivity contribution in [2.45, 2.75) is 73.1 Å². The van der Waals surface area contributed by atoms with Gasteiger partial charge in [-0.05, 0) is 63.2 Å². The molecule has 2 aliphatic rings. The van der Waals surface area contributed by atoms with Gasteiger partial charge in [-0.25, -0.2) is 0 Å². The van der Waals surface area contributed by atoms with Crippen LogP contribution in [0.15, 0.2) is 11.1 Å². The van der Waals surface area contributed by atoms with Crippen LogP contribution in [0, 0.1) is 16.7 Å². The predicted molar refractivity (Wildman–Crippen MR) is 76.5 cm³/mol. The van der Waals surface area contributed by atoms with Gasteiger partial charge in [0.15, 0.2) is 0 Å². The summed E-state index contributed by atoms with van der Waals surface area (Å²) >= 11 is 0. The maximum Gasteiger partial charge on any atom is 0.130 e. The van der Waals surface area contributed by atoms with Gasteiger partial charge < -0.3 is 4.79 Å². The van der Waals surface area contributed by atoms with Crippen LogP contribution in [-0.2, 0) is 4.79 Å². The molecule has 0 aromatic carbocycles. The Morgan fingerprint density at radius 2 is 1.72 bits per heavy atom. The fraction of sp³-hybridized carbons (Fsp3) is 0.824. The van der Waals surface area contributed by atoms with Gasteiger partial charge in [0.25, 0.3) is 0 Å². The fourth-order valence-corrected chi connectivity index (χ4v) is 4.70. The molecule has 1 unspecified atom stereocenters. The molecule has 0 amide bonds. The molecule has 1 spiro atoms. The number of carbonyl (C=O) groups excluding carboxylic acids is 1. The van der Waals surface area contributed by atoms with Crippen LogP contribution in [-0.4, -0.2) is 5.78 Å². The largest absolute Gasteiger partial charge is 0.300 e. The third-order valence-electron chi connectivity index (χ3n) is 5.63. The minimum Gasteiger partial charge on any atom is -0.300 e. The molecule has 2 rings (SSSR count). The number of Topliss-reactive ketones (excluding diaryl/α,β-unsaturated/α-hetero) is 1. The Labute approximate surface area is 112 Å². The molecule has 0 aromatic rings. The average molecular weight is 248 g/mol. The molecule has 1 nitrogen and oxygen atoms in total. The Hall–Kier alpha value is -0.590. The molecular weight excluding hydrogens is 220 g/mol. The highest BCUT2D eigenvalue weighted by Gasteiger charge is 2.51. The lowest BCUT2D eigenvalue weighted by atomic mass is 9.53. The number of ketones is 1. The van der Waals surface area contributed by atoms with Gasteiger partial charge in [-0.1, -0.05) is 31.4 Å². The minimum atomic E-state index is 0.328. The third-order valence-corrected chi connectivity index (χ3v) is 5.63. The number of hydrogen-bond acceptors (Lipinski definition) is 1. The van der Waals surface area contributed by atoms with E-state index in [1.165, 1.54) is 32.1 Å². The second-order valence-corrected chi connectivity index (χ2v) is 7.58. The van der Waals surface area contributed by atoms with Crippen molar-refractivity contribution in [1.29, 1.82) is 0 Å². The average Bonchev–Trinajstić information content (AvgIpc) is 2.49. The highest BCUT2D eigenvalue weighted by molar-refractivity contribution is 5.76. The highest BCUT2D eigenvalue weighted by Crippen LogP contribution is 2.60. The number of allylic oxidation sites excluding steroid dienone is 2. The van der Waals surface area contributed by atoms with Gasteiger partial charge in [0, 0.05) is 6.42 Å². The van der Waals surface area contributed by atoms with E-state index in [-0.39, 0.29) is 0 Å². The van der Waals surface area contributed by atoms with Crippen molar-refractivity contribution in [3.05, 3.63) is 11.1 Å². The lowest BCUT2D eigenvalue weighted by molar-refractivity contribution is -0.122. The zero-order valence-electron chi connectivity index (χ0n) is 12.7. The third kappa shape index (κ3) is 2.29. The Balaban J connectivity index is 2.30. The van der Waals surface area contributed by atoms with Crippen LogP contribution in [0.1, 0.15) is 73.1 Å². The molecule has 1 heteroatoms. The maximum absolute atomic E-state index is 11.7. The zero-order valence-corrected chi connectivity index (χ0v) is 12.7. The molecule has 102 valence electrons. The van der Waals surface area contributed by atoms with Crippen LogP contribution in [0.3, 0.4) is 0 Å². The smallest absolute Gasteiger partial charge is 0.130 e. The summed E-state index contributed by atoms with van der Waals surface area (Å²) in [6.07, 6.45) is 7.20. The zero-order chi connectivity index (χ0) is 13.6. The van der Waals surface area contributed by atoms with Crippen molar-refractivity contribution in [3.63, 3.8) is 0 Å². The summed E-state index contributed by atoms with van der Waals surface area (Å²) in [7, 11) is 0. The van der Waals surface area contributed by atoms with Crippen molar-refractivity contribution in [1.82, 2.24) is 0 Å². The van der Waals surface area contributed by atoms with E-state index in [0.29, 0.717) is 22.5 Å². The van der Waals surface area contributed by atoms with E-state index in [1.54, 1.807) is 18.1 Å². The first-order valence-corrected chi connectivity index (χ1v) is 7.41. The summed E-state index contributed by atoms with van der Waals surface area (Å²) in [5.41, 5.74) is 3.90. The molecule has 0 aliphatic heterocycles.